The number of alkyl halides is 2. The Bertz CT molecular complexity index is 477. The minimum absolute atomic E-state index is 0.0474. The Labute approximate surface area is 129 Å². The molecule has 0 spiro atoms. The van der Waals surface area contributed by atoms with E-state index in [1.807, 2.05) is 0 Å². The van der Waals surface area contributed by atoms with Gasteiger partial charge in [0, 0.05) is 12.1 Å². The van der Waals surface area contributed by atoms with E-state index in [0.717, 1.165) is 19.5 Å². The molecule has 0 bridgehead atoms. The van der Waals surface area contributed by atoms with Crippen LogP contribution in [0, 0.1) is 5.92 Å². The third-order valence-electron chi connectivity index (χ3n) is 3.81. The zero-order chi connectivity index (χ0) is 15.8. The molecule has 2 rings (SSSR count). The molecule has 0 saturated carbocycles. The molecule has 1 aromatic rings. The molecule has 122 valence electrons. The second kappa shape index (κ2) is 8.68. The number of nitrogens with one attached hydrogen (secondary N) is 2. The van der Waals surface area contributed by atoms with Crippen molar-refractivity contribution in [2.24, 2.45) is 5.92 Å². The molecule has 6 heteroatoms. The monoisotopic (exact) mass is 312 g/mol. The van der Waals surface area contributed by atoms with Gasteiger partial charge in [0.25, 0.3) is 0 Å². The summed E-state index contributed by atoms with van der Waals surface area (Å²) in [6.07, 6.45) is 3.35. The van der Waals surface area contributed by atoms with Gasteiger partial charge in [-0.1, -0.05) is 18.2 Å². The molecular formula is C16H22F2N2O2. The van der Waals surface area contributed by atoms with Crippen LogP contribution in [0.25, 0.3) is 0 Å². The molecule has 1 unspecified atom stereocenters. The number of rotatable bonds is 7. The Morgan fingerprint density at radius 2 is 2.23 bits per heavy atom. The molecule has 0 aliphatic carbocycles. The predicted molar refractivity (Wildman–Crippen MR) is 80.0 cm³/mol. The van der Waals surface area contributed by atoms with E-state index < -0.39 is 6.61 Å². The van der Waals surface area contributed by atoms with E-state index in [4.69, 9.17) is 0 Å². The highest BCUT2D eigenvalue weighted by Crippen LogP contribution is 2.20. The van der Waals surface area contributed by atoms with Crippen molar-refractivity contribution in [2.75, 3.05) is 19.6 Å². The molecule has 22 heavy (non-hydrogen) atoms. The first-order valence-electron chi connectivity index (χ1n) is 7.65. The third kappa shape index (κ3) is 5.60. The average molecular weight is 312 g/mol. The maximum absolute atomic E-state index is 12.3. The molecule has 1 heterocycles. The number of hydrogen-bond acceptors (Lipinski definition) is 3. The van der Waals surface area contributed by atoms with Crippen LogP contribution in [0.2, 0.25) is 0 Å². The summed E-state index contributed by atoms with van der Waals surface area (Å²) in [6, 6.07) is 6.38. The minimum Gasteiger partial charge on any atom is -0.435 e. The SMILES string of the molecule is O=C(Cc1ccccc1OC(F)F)NCCC1CCCNC1. The molecule has 0 radical (unpaired) electrons. The van der Waals surface area contributed by atoms with Gasteiger partial charge in [0.05, 0.1) is 6.42 Å². The van der Waals surface area contributed by atoms with Gasteiger partial charge in [0.15, 0.2) is 0 Å². The smallest absolute Gasteiger partial charge is 0.387 e. The van der Waals surface area contributed by atoms with Crippen LogP contribution in [0.4, 0.5) is 8.78 Å². The standard InChI is InChI=1S/C16H22F2N2O2/c17-16(18)22-14-6-2-1-5-13(14)10-15(21)20-9-7-12-4-3-8-19-11-12/h1-2,5-6,12,16,19H,3-4,7-11H2,(H,20,21). The van der Waals surface area contributed by atoms with E-state index in [9.17, 15) is 13.6 Å². The molecule has 1 aromatic carbocycles. The van der Waals surface area contributed by atoms with Crippen LogP contribution in [0.1, 0.15) is 24.8 Å². The first-order valence-corrected chi connectivity index (χ1v) is 7.65. The zero-order valence-corrected chi connectivity index (χ0v) is 12.5. The summed E-state index contributed by atoms with van der Waals surface area (Å²) in [5.74, 6) is 0.488. The molecule has 1 fully saturated rings. The normalized spacial score (nSPS) is 18.2. The largest absolute Gasteiger partial charge is 0.435 e. The minimum atomic E-state index is -2.89. The molecule has 1 amide bonds. The molecular weight excluding hydrogens is 290 g/mol. The van der Waals surface area contributed by atoms with E-state index in [2.05, 4.69) is 15.4 Å². The van der Waals surface area contributed by atoms with Gasteiger partial charge in [-0.15, -0.1) is 0 Å². The lowest BCUT2D eigenvalue weighted by molar-refractivity contribution is -0.120. The number of amides is 1. The number of benzene rings is 1. The maximum atomic E-state index is 12.3. The number of halogens is 2. The fourth-order valence-corrected chi connectivity index (χ4v) is 2.68. The van der Waals surface area contributed by atoms with E-state index in [1.54, 1.807) is 18.2 Å². The lowest BCUT2D eigenvalue weighted by Crippen LogP contribution is -2.33. The number of ether oxygens (including phenoxy) is 1. The van der Waals surface area contributed by atoms with Crippen molar-refractivity contribution in [3.05, 3.63) is 29.8 Å². The second-order valence-corrected chi connectivity index (χ2v) is 5.51. The van der Waals surface area contributed by atoms with Gasteiger partial charge in [0.1, 0.15) is 5.75 Å². The van der Waals surface area contributed by atoms with Crippen LogP contribution in [-0.2, 0) is 11.2 Å². The first-order chi connectivity index (χ1) is 10.6. The quantitative estimate of drug-likeness (QED) is 0.812. The summed E-state index contributed by atoms with van der Waals surface area (Å²) in [7, 11) is 0. The van der Waals surface area contributed by atoms with Gasteiger partial charge in [-0.25, -0.2) is 0 Å². The second-order valence-electron chi connectivity index (χ2n) is 5.51. The van der Waals surface area contributed by atoms with E-state index in [-0.39, 0.29) is 18.1 Å². The molecule has 0 aromatic heterocycles. The fourth-order valence-electron chi connectivity index (χ4n) is 2.68. The molecule has 1 aliphatic rings. The average Bonchev–Trinajstić information content (AvgIpc) is 2.50. The van der Waals surface area contributed by atoms with Gasteiger partial charge in [-0.2, -0.15) is 8.78 Å². The van der Waals surface area contributed by atoms with Gasteiger partial charge < -0.3 is 15.4 Å². The van der Waals surface area contributed by atoms with E-state index >= 15 is 0 Å². The Morgan fingerprint density at radius 1 is 1.41 bits per heavy atom. The predicted octanol–water partition coefficient (Wildman–Crippen LogP) is 2.34. The van der Waals surface area contributed by atoms with Crippen LogP contribution in [0.5, 0.6) is 5.75 Å². The number of para-hydroxylation sites is 1. The van der Waals surface area contributed by atoms with Crippen molar-refractivity contribution in [3.8, 4) is 5.75 Å². The summed E-state index contributed by atoms with van der Waals surface area (Å²) >= 11 is 0. The van der Waals surface area contributed by atoms with Gasteiger partial charge in [-0.05, 0) is 44.3 Å². The lowest BCUT2D eigenvalue weighted by Gasteiger charge is -2.22. The topological polar surface area (TPSA) is 50.4 Å². The van der Waals surface area contributed by atoms with Crippen LogP contribution in [-0.4, -0.2) is 32.2 Å². The molecule has 1 atom stereocenters. The highest BCUT2D eigenvalue weighted by molar-refractivity contribution is 5.79. The summed E-state index contributed by atoms with van der Waals surface area (Å²) in [5.41, 5.74) is 0.472. The van der Waals surface area contributed by atoms with Crippen LogP contribution < -0.4 is 15.4 Å². The van der Waals surface area contributed by atoms with Crippen molar-refractivity contribution in [1.82, 2.24) is 10.6 Å². The molecule has 4 nitrogen and oxygen atoms in total. The number of carbonyl (C=O) groups is 1. The molecule has 1 saturated heterocycles. The first kappa shape index (κ1) is 16.7. The summed E-state index contributed by atoms with van der Waals surface area (Å²) in [6.45, 7) is -0.198. The Morgan fingerprint density at radius 3 is 2.95 bits per heavy atom. The van der Waals surface area contributed by atoms with Gasteiger partial charge in [0.2, 0.25) is 5.91 Å². The van der Waals surface area contributed by atoms with Gasteiger partial charge >= 0.3 is 6.61 Å². The highest BCUT2D eigenvalue weighted by atomic mass is 19.3. The van der Waals surface area contributed by atoms with Crippen molar-refractivity contribution in [2.45, 2.75) is 32.3 Å². The van der Waals surface area contributed by atoms with Crippen LogP contribution >= 0.6 is 0 Å². The Kier molecular flexibility index (Phi) is 6.58. The molecule has 2 N–H and O–H groups in total. The number of carbonyl (C=O) groups excluding carboxylic acids is 1. The van der Waals surface area contributed by atoms with Crippen LogP contribution in [0.15, 0.2) is 24.3 Å². The van der Waals surface area contributed by atoms with E-state index in [0.29, 0.717) is 18.0 Å². The Hall–Kier alpha value is -1.69. The van der Waals surface area contributed by atoms with Gasteiger partial charge in [-0.3, -0.25) is 4.79 Å². The van der Waals surface area contributed by atoms with Crippen molar-refractivity contribution < 1.29 is 18.3 Å². The maximum Gasteiger partial charge on any atom is 0.387 e. The van der Waals surface area contributed by atoms with E-state index in [1.165, 1.54) is 18.9 Å². The molecule has 1 aliphatic heterocycles. The summed E-state index contributed by atoms with van der Waals surface area (Å²) < 4.78 is 29.1. The van der Waals surface area contributed by atoms with Crippen molar-refractivity contribution in [3.63, 3.8) is 0 Å². The zero-order valence-electron chi connectivity index (χ0n) is 12.5. The number of hydrogen-bond donors (Lipinski definition) is 2. The summed E-state index contributed by atoms with van der Waals surface area (Å²) in [4.78, 5) is 11.9. The number of piperidine rings is 1. The van der Waals surface area contributed by atoms with Crippen molar-refractivity contribution in [1.29, 1.82) is 0 Å². The highest BCUT2D eigenvalue weighted by Gasteiger charge is 2.14. The third-order valence-corrected chi connectivity index (χ3v) is 3.81. The van der Waals surface area contributed by atoms with Crippen molar-refractivity contribution >= 4 is 5.91 Å². The Balaban J connectivity index is 1.76. The summed E-state index contributed by atoms with van der Waals surface area (Å²) in [5, 5.41) is 6.19. The lowest BCUT2D eigenvalue weighted by atomic mass is 9.96. The fraction of sp³-hybridized carbons (Fsp3) is 0.562. The van der Waals surface area contributed by atoms with Crippen LogP contribution in [0.3, 0.4) is 0 Å².